The van der Waals surface area contributed by atoms with Gasteiger partial charge in [-0.1, -0.05) is 23.2 Å². The summed E-state index contributed by atoms with van der Waals surface area (Å²) in [6.45, 7) is 1.18. The number of nitrogens with two attached hydrogens (primary N) is 2. The van der Waals surface area contributed by atoms with Crippen LogP contribution in [0.25, 0.3) is 11.3 Å². The normalized spacial score (nSPS) is 12.8. The summed E-state index contributed by atoms with van der Waals surface area (Å²) in [6, 6.07) is 3.16. The average Bonchev–Trinajstić information content (AvgIpc) is 2.73. The summed E-state index contributed by atoms with van der Waals surface area (Å²) in [4.78, 5) is 34.6. The SMILES string of the molecule is COC(=O)c1nc(-c2ccc(Cl)c(OC)c2F)cc(N)c1Cl.CP(=O)(O)CCC(N)C(=O)O.N. The number of carbonyl (C=O) groups excluding carboxylic acids is 1. The Labute approximate surface area is 205 Å². The van der Waals surface area contributed by atoms with E-state index in [1.807, 2.05) is 0 Å². The Morgan fingerprint density at radius 3 is 2.35 bits per heavy atom. The van der Waals surface area contributed by atoms with Gasteiger partial charge in [0.2, 0.25) is 0 Å². The fourth-order valence-electron chi connectivity index (χ4n) is 2.34. The van der Waals surface area contributed by atoms with Gasteiger partial charge in [-0.05, 0) is 24.6 Å². The van der Waals surface area contributed by atoms with Crippen molar-refractivity contribution in [3.8, 4) is 17.0 Å². The quantitative estimate of drug-likeness (QED) is 0.252. The molecule has 0 aliphatic rings. The van der Waals surface area contributed by atoms with E-state index in [1.54, 1.807) is 0 Å². The molecule has 0 saturated heterocycles. The van der Waals surface area contributed by atoms with Crippen LogP contribution in [0.4, 0.5) is 10.1 Å². The fourth-order valence-corrected chi connectivity index (χ4v) is 3.49. The second-order valence-corrected chi connectivity index (χ2v) is 10.0. The van der Waals surface area contributed by atoms with E-state index in [1.165, 1.54) is 39.1 Å². The van der Waals surface area contributed by atoms with Crippen LogP contribution in [-0.4, -0.2) is 60.0 Å². The Balaban J connectivity index is 0.000000776. The summed E-state index contributed by atoms with van der Waals surface area (Å²) in [5.41, 5.74) is 10.9. The highest BCUT2D eigenvalue weighted by atomic mass is 35.5. The minimum absolute atomic E-state index is 0. The highest BCUT2D eigenvalue weighted by molar-refractivity contribution is 7.57. The number of methoxy groups -OCH3 is 2. The molecule has 0 spiro atoms. The summed E-state index contributed by atoms with van der Waals surface area (Å²) in [7, 11) is -0.638. The predicted molar refractivity (Wildman–Crippen MR) is 128 cm³/mol. The molecule has 2 unspecified atom stereocenters. The van der Waals surface area contributed by atoms with Crippen molar-refractivity contribution >= 4 is 48.2 Å². The number of aromatic nitrogens is 1. The highest BCUT2D eigenvalue weighted by Gasteiger charge is 2.21. The molecule has 2 aromatic rings. The standard InChI is InChI=1S/C14H11Cl2FN2O3.C5H12NO4P.H3N/c1-21-13-7(15)4-3-6(11(13)17)9-5-8(18)10(16)12(19-9)14(20)22-2;1-11(9,10)3-2-4(6)5(7)8;/h3-5H,1-2H3,(H2,18,19);4H,2-3,6H2,1H3,(H,7,8)(H,9,10);1H3. The zero-order valence-electron chi connectivity index (χ0n) is 18.5. The van der Waals surface area contributed by atoms with Crippen molar-refractivity contribution in [2.45, 2.75) is 12.5 Å². The molecule has 2 rings (SSSR count). The fraction of sp³-hybridized carbons (Fsp3) is 0.316. The Bertz CT molecular complexity index is 1090. The van der Waals surface area contributed by atoms with Crippen LogP contribution in [0.15, 0.2) is 18.2 Å². The maximum Gasteiger partial charge on any atom is 0.358 e. The molecule has 11 nitrogen and oxygen atoms in total. The van der Waals surface area contributed by atoms with Crippen LogP contribution in [0.2, 0.25) is 10.0 Å². The molecule has 1 aromatic carbocycles. The van der Waals surface area contributed by atoms with E-state index in [-0.39, 0.29) is 57.2 Å². The van der Waals surface area contributed by atoms with E-state index in [4.69, 9.17) is 49.4 Å². The number of benzene rings is 1. The largest absolute Gasteiger partial charge is 0.492 e. The molecule has 0 aliphatic carbocycles. The average molecular weight is 543 g/mol. The first kappa shape index (κ1) is 31.5. The lowest BCUT2D eigenvalue weighted by Gasteiger charge is -2.11. The summed E-state index contributed by atoms with van der Waals surface area (Å²) in [5, 5.41) is 8.33. The summed E-state index contributed by atoms with van der Waals surface area (Å²) in [5.74, 6) is -2.77. The van der Waals surface area contributed by atoms with E-state index >= 15 is 0 Å². The van der Waals surface area contributed by atoms with E-state index in [0.717, 1.165) is 0 Å². The topological polar surface area (TPSA) is 210 Å². The number of halogens is 3. The molecule has 0 amide bonds. The maximum atomic E-state index is 14.4. The highest BCUT2D eigenvalue weighted by Crippen LogP contribution is 2.37. The van der Waals surface area contributed by atoms with Gasteiger partial charge in [0.25, 0.3) is 0 Å². The lowest BCUT2D eigenvalue weighted by Crippen LogP contribution is -2.30. The predicted octanol–water partition coefficient (Wildman–Crippen LogP) is 3.42. The number of rotatable bonds is 7. The molecule has 9 N–H and O–H groups in total. The number of esters is 1. The number of carboxylic acid groups (broad SMARTS) is 1. The number of hydrogen-bond acceptors (Lipinski definition) is 9. The maximum absolute atomic E-state index is 14.4. The Kier molecular flexibility index (Phi) is 12.5. The van der Waals surface area contributed by atoms with Gasteiger partial charge in [0.05, 0.1) is 35.6 Å². The lowest BCUT2D eigenvalue weighted by molar-refractivity contribution is -0.138. The minimum Gasteiger partial charge on any atom is -0.492 e. The third-order valence-corrected chi connectivity index (χ3v) is 5.85. The van der Waals surface area contributed by atoms with Gasteiger partial charge in [0, 0.05) is 18.4 Å². The number of nitrogen functional groups attached to an aromatic ring is 1. The smallest absolute Gasteiger partial charge is 0.358 e. The van der Waals surface area contributed by atoms with E-state index in [2.05, 4.69) is 9.72 Å². The molecule has 1 aromatic heterocycles. The number of ether oxygens (including phenoxy) is 2. The van der Waals surface area contributed by atoms with Crippen molar-refractivity contribution in [2.24, 2.45) is 5.73 Å². The van der Waals surface area contributed by atoms with Gasteiger partial charge in [-0.25, -0.2) is 14.2 Å². The van der Waals surface area contributed by atoms with E-state index in [0.29, 0.717) is 0 Å². The Morgan fingerprint density at radius 1 is 1.29 bits per heavy atom. The summed E-state index contributed by atoms with van der Waals surface area (Å²) >= 11 is 11.8. The number of pyridine rings is 1. The summed E-state index contributed by atoms with van der Waals surface area (Å²) in [6.07, 6.45) is 0.0000772. The number of hydrogen-bond donors (Lipinski definition) is 5. The molecule has 2 atom stereocenters. The third kappa shape index (κ3) is 8.71. The van der Waals surface area contributed by atoms with Crippen molar-refractivity contribution in [3.63, 3.8) is 0 Å². The van der Waals surface area contributed by atoms with Crippen LogP contribution >= 0.6 is 30.6 Å². The first-order valence-corrected chi connectivity index (χ1v) is 12.1. The molecule has 0 aliphatic heterocycles. The first-order valence-electron chi connectivity index (χ1n) is 9.07. The number of nitrogens with zero attached hydrogens (tertiary/aromatic N) is 1. The number of carbonyl (C=O) groups is 2. The molecule has 0 radical (unpaired) electrons. The van der Waals surface area contributed by atoms with Gasteiger partial charge in [0.1, 0.15) is 6.04 Å². The van der Waals surface area contributed by atoms with Crippen LogP contribution in [0.3, 0.4) is 0 Å². The van der Waals surface area contributed by atoms with Gasteiger partial charge in [-0.3, -0.25) is 9.36 Å². The first-order chi connectivity index (χ1) is 15.2. The Hall–Kier alpha value is -2.47. The van der Waals surface area contributed by atoms with Gasteiger partial charge >= 0.3 is 11.9 Å². The molecule has 34 heavy (non-hydrogen) atoms. The second kappa shape index (κ2) is 13.4. The Morgan fingerprint density at radius 2 is 1.88 bits per heavy atom. The van der Waals surface area contributed by atoms with Crippen molar-refractivity contribution < 1.29 is 38.0 Å². The van der Waals surface area contributed by atoms with Crippen molar-refractivity contribution in [2.75, 3.05) is 32.8 Å². The number of carboxylic acids is 1. The van der Waals surface area contributed by atoms with E-state index in [9.17, 15) is 18.5 Å². The van der Waals surface area contributed by atoms with Crippen LogP contribution in [0.5, 0.6) is 5.75 Å². The monoisotopic (exact) mass is 542 g/mol. The van der Waals surface area contributed by atoms with Gasteiger partial charge in [0.15, 0.2) is 24.6 Å². The number of anilines is 1. The molecule has 15 heteroatoms. The molecular formula is C19H26Cl2FN4O7P. The van der Waals surface area contributed by atoms with Gasteiger partial charge in [-0.2, -0.15) is 0 Å². The van der Waals surface area contributed by atoms with Crippen molar-refractivity contribution in [1.82, 2.24) is 11.1 Å². The van der Waals surface area contributed by atoms with Crippen molar-refractivity contribution in [3.05, 3.63) is 39.8 Å². The van der Waals surface area contributed by atoms with Gasteiger partial charge in [-0.15, -0.1) is 0 Å². The van der Waals surface area contributed by atoms with Crippen LogP contribution in [-0.2, 0) is 14.1 Å². The third-order valence-electron chi connectivity index (χ3n) is 4.07. The molecule has 0 fully saturated rings. The second-order valence-electron chi connectivity index (χ2n) is 6.70. The van der Waals surface area contributed by atoms with Crippen molar-refractivity contribution in [1.29, 1.82) is 0 Å². The molecular weight excluding hydrogens is 517 g/mol. The molecule has 190 valence electrons. The minimum atomic E-state index is -3.10. The van der Waals surface area contributed by atoms with Crippen LogP contribution in [0, 0.1) is 5.82 Å². The molecule has 0 bridgehead atoms. The summed E-state index contributed by atoms with van der Waals surface area (Å²) < 4.78 is 34.6. The van der Waals surface area contributed by atoms with Crippen LogP contribution < -0.4 is 22.4 Å². The molecule has 0 saturated carbocycles. The molecule has 1 heterocycles. The van der Waals surface area contributed by atoms with E-state index < -0.39 is 31.2 Å². The van der Waals surface area contributed by atoms with Gasteiger partial charge < -0.3 is 37.1 Å². The van der Waals surface area contributed by atoms with Crippen LogP contribution in [0.1, 0.15) is 16.9 Å². The zero-order chi connectivity index (χ0) is 25.5. The zero-order valence-corrected chi connectivity index (χ0v) is 21.0. The number of aliphatic carboxylic acids is 1. The lowest BCUT2D eigenvalue weighted by atomic mass is 10.1.